The number of carbonyl (C=O) groups excluding carboxylic acids is 2. The molecule has 0 saturated carbocycles. The van der Waals surface area contributed by atoms with Crippen LogP contribution in [-0.4, -0.2) is 92.2 Å². The number of aromatic hydroxyl groups is 1. The highest BCUT2D eigenvalue weighted by molar-refractivity contribution is 6.23. The van der Waals surface area contributed by atoms with E-state index in [1.165, 1.54) is 17.2 Å². The number of imide groups is 1. The fourth-order valence-electron chi connectivity index (χ4n) is 5.41. The number of nitrogens with zero attached hydrogens (tertiary/aromatic N) is 3. The predicted octanol–water partition coefficient (Wildman–Crippen LogP) is 2.30. The first-order chi connectivity index (χ1) is 20.2. The van der Waals surface area contributed by atoms with Gasteiger partial charge in [0.25, 0.3) is 17.4 Å². The number of ether oxygens (including phenoxy) is 1. The van der Waals surface area contributed by atoms with Gasteiger partial charge in [0.05, 0.1) is 27.8 Å². The second-order valence-electron chi connectivity index (χ2n) is 10.6. The molecule has 1 atom stereocenters. The van der Waals surface area contributed by atoms with E-state index < -0.39 is 17.5 Å². The zero-order valence-electron chi connectivity index (χ0n) is 22.7. The molecular weight excluding hydrogens is 547 g/mol. The molecule has 2 amide bonds. The Bertz CT molecular complexity index is 1690. The first-order valence-corrected chi connectivity index (χ1v) is 13.5. The summed E-state index contributed by atoms with van der Waals surface area (Å²) in [5.74, 6) is -1.43. The summed E-state index contributed by atoms with van der Waals surface area (Å²) in [6.07, 6.45) is 1.85. The average molecular weight is 577 g/mol. The number of aliphatic hydroxyl groups excluding tert-OH is 1. The molecule has 1 saturated heterocycles. The number of phenols is 1. The number of amides is 2. The van der Waals surface area contributed by atoms with Crippen LogP contribution < -0.4 is 15.6 Å². The third-order valence-electron chi connectivity index (χ3n) is 7.65. The number of piperidine rings is 1. The lowest BCUT2D eigenvalue weighted by molar-refractivity contribution is 0.0516. The van der Waals surface area contributed by atoms with Crippen molar-refractivity contribution >= 4 is 28.5 Å². The number of imidazole rings is 1. The Morgan fingerprint density at radius 2 is 1.86 bits per heavy atom. The molecule has 2 aliphatic rings. The van der Waals surface area contributed by atoms with E-state index in [0.29, 0.717) is 27.8 Å². The van der Waals surface area contributed by atoms with Crippen LogP contribution in [0, 0.1) is 5.82 Å². The van der Waals surface area contributed by atoms with Crippen molar-refractivity contribution in [1.82, 2.24) is 24.8 Å². The molecule has 4 aromatic rings. The van der Waals surface area contributed by atoms with E-state index in [-0.39, 0.29) is 53.9 Å². The van der Waals surface area contributed by atoms with Gasteiger partial charge in [0.2, 0.25) is 0 Å². The number of benzene rings is 2. The lowest BCUT2D eigenvalue weighted by Crippen LogP contribution is -2.46. The number of anilines is 1. The Balaban J connectivity index is 1.20. The van der Waals surface area contributed by atoms with E-state index in [1.807, 2.05) is 7.05 Å². The van der Waals surface area contributed by atoms with Gasteiger partial charge in [-0.2, -0.15) is 0 Å². The van der Waals surface area contributed by atoms with Gasteiger partial charge in [0, 0.05) is 24.8 Å². The van der Waals surface area contributed by atoms with Gasteiger partial charge in [0.15, 0.2) is 11.5 Å². The molecule has 4 heterocycles. The van der Waals surface area contributed by atoms with Gasteiger partial charge >= 0.3 is 0 Å². The SMILES string of the molecule is CN1CCC(N2C(=O)c3cc4nc(-c5c(NC[C@H](O)COc6ccc(F)cc6O)cc[nH]c5=O)[nH]c4cc3C2=O)CC1. The number of phenolic OH excluding ortho intramolecular Hbond substituents is 1. The number of aromatic amines is 2. The summed E-state index contributed by atoms with van der Waals surface area (Å²) in [5.41, 5.74) is 1.61. The van der Waals surface area contributed by atoms with Crippen molar-refractivity contribution in [1.29, 1.82) is 0 Å². The van der Waals surface area contributed by atoms with Gasteiger partial charge in [-0.15, -0.1) is 0 Å². The molecule has 6 rings (SSSR count). The van der Waals surface area contributed by atoms with Crippen LogP contribution >= 0.6 is 0 Å². The summed E-state index contributed by atoms with van der Waals surface area (Å²) < 4.78 is 18.6. The van der Waals surface area contributed by atoms with Gasteiger partial charge < -0.3 is 35.1 Å². The van der Waals surface area contributed by atoms with E-state index in [1.54, 1.807) is 18.2 Å². The number of likely N-dealkylation sites (tertiary alicyclic amines) is 1. The zero-order chi connectivity index (χ0) is 29.5. The van der Waals surface area contributed by atoms with E-state index in [4.69, 9.17) is 4.74 Å². The average Bonchev–Trinajstić information content (AvgIpc) is 3.48. The first kappa shape index (κ1) is 27.4. The molecule has 0 aliphatic carbocycles. The third-order valence-corrected chi connectivity index (χ3v) is 7.65. The Hall–Kier alpha value is -4.75. The number of aromatic nitrogens is 3. The minimum Gasteiger partial charge on any atom is -0.504 e. The summed E-state index contributed by atoms with van der Waals surface area (Å²) in [5, 5.41) is 23.2. The molecule has 5 N–H and O–H groups in total. The summed E-state index contributed by atoms with van der Waals surface area (Å²) in [6.45, 7) is 1.39. The highest BCUT2D eigenvalue weighted by Gasteiger charge is 2.41. The molecule has 0 bridgehead atoms. The van der Waals surface area contributed by atoms with Gasteiger partial charge in [-0.1, -0.05) is 0 Å². The molecular formula is C29H29FN6O6. The third kappa shape index (κ3) is 5.08. The molecule has 0 radical (unpaired) electrons. The highest BCUT2D eigenvalue weighted by atomic mass is 19.1. The fourth-order valence-corrected chi connectivity index (χ4v) is 5.41. The number of aliphatic hydroxyl groups is 1. The summed E-state index contributed by atoms with van der Waals surface area (Å²) in [7, 11) is 2.02. The van der Waals surface area contributed by atoms with Crippen LogP contribution in [0.25, 0.3) is 22.4 Å². The number of nitrogens with one attached hydrogen (secondary N) is 3. The van der Waals surface area contributed by atoms with E-state index >= 15 is 0 Å². The summed E-state index contributed by atoms with van der Waals surface area (Å²) in [6, 6.07) is 7.93. The maximum atomic E-state index is 13.3. The Morgan fingerprint density at radius 3 is 2.60 bits per heavy atom. The predicted molar refractivity (Wildman–Crippen MR) is 151 cm³/mol. The number of carbonyl (C=O) groups is 2. The topological polar surface area (TPSA) is 164 Å². The minimum absolute atomic E-state index is 0.0212. The van der Waals surface area contributed by atoms with Crippen LogP contribution in [0.4, 0.5) is 10.1 Å². The number of hydrogen-bond donors (Lipinski definition) is 5. The van der Waals surface area contributed by atoms with Crippen molar-refractivity contribution in [2.24, 2.45) is 0 Å². The Labute approximate surface area is 238 Å². The van der Waals surface area contributed by atoms with E-state index in [2.05, 4.69) is 25.2 Å². The van der Waals surface area contributed by atoms with Crippen molar-refractivity contribution in [2.75, 3.05) is 38.6 Å². The molecule has 218 valence electrons. The van der Waals surface area contributed by atoms with Crippen LogP contribution in [0.1, 0.15) is 33.6 Å². The largest absolute Gasteiger partial charge is 0.504 e. The maximum Gasteiger partial charge on any atom is 0.261 e. The van der Waals surface area contributed by atoms with Gasteiger partial charge in [-0.25, -0.2) is 9.37 Å². The molecule has 42 heavy (non-hydrogen) atoms. The molecule has 2 aromatic carbocycles. The Kier molecular flexibility index (Phi) is 7.12. The smallest absolute Gasteiger partial charge is 0.261 e. The second kappa shape index (κ2) is 10.9. The monoisotopic (exact) mass is 576 g/mol. The van der Waals surface area contributed by atoms with Crippen LogP contribution in [-0.2, 0) is 0 Å². The van der Waals surface area contributed by atoms with Crippen LogP contribution in [0.3, 0.4) is 0 Å². The zero-order valence-corrected chi connectivity index (χ0v) is 22.7. The number of fused-ring (bicyclic) bond motifs is 2. The fraction of sp³-hybridized carbons (Fsp3) is 0.310. The number of rotatable bonds is 8. The van der Waals surface area contributed by atoms with Crippen molar-refractivity contribution in [3.63, 3.8) is 0 Å². The normalized spacial score (nSPS) is 16.7. The number of H-pyrrole nitrogens is 2. The lowest BCUT2D eigenvalue weighted by Gasteiger charge is -2.33. The molecule has 12 nitrogen and oxygen atoms in total. The number of halogens is 1. The first-order valence-electron chi connectivity index (χ1n) is 13.5. The van der Waals surface area contributed by atoms with Crippen molar-refractivity contribution in [3.05, 3.63) is 69.9 Å². The van der Waals surface area contributed by atoms with Crippen LogP contribution in [0.15, 0.2) is 47.4 Å². The molecule has 2 aliphatic heterocycles. The molecule has 2 aromatic heterocycles. The van der Waals surface area contributed by atoms with E-state index in [0.717, 1.165) is 38.1 Å². The maximum absolute atomic E-state index is 13.3. The van der Waals surface area contributed by atoms with E-state index in [9.17, 15) is 29.0 Å². The summed E-state index contributed by atoms with van der Waals surface area (Å²) >= 11 is 0. The molecule has 0 unspecified atom stereocenters. The highest BCUT2D eigenvalue weighted by Crippen LogP contribution is 2.33. The molecule has 1 fully saturated rings. The number of hydrogen-bond acceptors (Lipinski definition) is 9. The van der Waals surface area contributed by atoms with Crippen molar-refractivity contribution in [3.8, 4) is 22.9 Å². The molecule has 13 heteroatoms. The van der Waals surface area contributed by atoms with Gasteiger partial charge in [-0.05, 0) is 63.3 Å². The van der Waals surface area contributed by atoms with Crippen LogP contribution in [0.5, 0.6) is 11.5 Å². The van der Waals surface area contributed by atoms with Crippen molar-refractivity contribution < 1.29 is 28.9 Å². The van der Waals surface area contributed by atoms with Gasteiger partial charge in [-0.3, -0.25) is 19.3 Å². The number of pyridine rings is 1. The second-order valence-corrected chi connectivity index (χ2v) is 10.6. The van der Waals surface area contributed by atoms with Crippen molar-refractivity contribution in [2.45, 2.75) is 25.0 Å². The standard InChI is InChI=1S/C29H29FN6O6/c1-35-8-5-16(6-9-35)36-28(40)18-11-21-22(12-19(18)29(36)41)34-26(33-21)25-20(4-7-31-27(25)39)32-13-17(37)14-42-24-3-2-15(30)10-23(24)38/h2-4,7,10-12,16-17,37-38H,5-6,8-9,13-14H2,1H3,(H,33,34)(H2,31,32,39)/t17-/m0/s1. The molecule has 0 spiro atoms. The quantitative estimate of drug-likeness (QED) is 0.198. The summed E-state index contributed by atoms with van der Waals surface area (Å²) in [4.78, 5) is 53.2. The van der Waals surface area contributed by atoms with Crippen LogP contribution in [0.2, 0.25) is 0 Å². The minimum atomic E-state index is -1.05. The Morgan fingerprint density at radius 1 is 1.12 bits per heavy atom. The van der Waals surface area contributed by atoms with Gasteiger partial charge in [0.1, 0.15) is 29.9 Å². The lowest BCUT2D eigenvalue weighted by atomic mass is 10.0.